The SMILES string of the molecule is Nc1cc(Nc2ncc(Br)c3nc(-c4c(Cl)cccc4Cl)[nH]c23)ncn1. The number of rotatable bonds is 3. The van der Waals surface area contributed by atoms with E-state index < -0.39 is 0 Å². The average molecular weight is 451 g/mol. The second kappa shape index (κ2) is 6.71. The topological polar surface area (TPSA) is 105 Å². The quantitative estimate of drug-likeness (QED) is 0.413. The number of hydrogen-bond donors (Lipinski definition) is 3. The molecule has 0 unspecified atom stereocenters. The fraction of sp³-hybridized carbons (Fsp3) is 0. The number of pyridine rings is 1. The number of nitrogens with two attached hydrogens (primary N) is 1. The number of nitrogens with one attached hydrogen (secondary N) is 2. The molecule has 0 saturated heterocycles. The Morgan fingerprint density at radius 1 is 1.12 bits per heavy atom. The van der Waals surface area contributed by atoms with Crippen molar-refractivity contribution in [3.05, 3.63) is 51.3 Å². The van der Waals surface area contributed by atoms with E-state index in [1.165, 1.54) is 6.33 Å². The monoisotopic (exact) mass is 449 g/mol. The second-order valence-corrected chi connectivity index (χ2v) is 6.98. The van der Waals surface area contributed by atoms with Crippen molar-refractivity contribution in [1.82, 2.24) is 24.9 Å². The Balaban J connectivity index is 1.86. The summed E-state index contributed by atoms with van der Waals surface area (Å²) in [5, 5.41) is 4.11. The third-order valence-corrected chi connectivity index (χ3v) is 4.82. The molecule has 0 atom stereocenters. The van der Waals surface area contributed by atoms with Crippen molar-refractivity contribution >= 4 is 67.6 Å². The summed E-state index contributed by atoms with van der Waals surface area (Å²) in [6.45, 7) is 0. The maximum absolute atomic E-state index is 6.30. The Hall–Kier alpha value is -2.42. The number of fused-ring (bicyclic) bond motifs is 1. The molecule has 0 aliphatic heterocycles. The summed E-state index contributed by atoms with van der Waals surface area (Å²) in [6.07, 6.45) is 3.02. The van der Waals surface area contributed by atoms with E-state index in [9.17, 15) is 0 Å². The molecule has 10 heteroatoms. The van der Waals surface area contributed by atoms with Gasteiger partial charge >= 0.3 is 0 Å². The molecule has 0 radical (unpaired) electrons. The summed E-state index contributed by atoms with van der Waals surface area (Å²) in [5.41, 5.74) is 7.66. The molecule has 26 heavy (non-hydrogen) atoms. The Bertz CT molecular complexity index is 1110. The fourth-order valence-electron chi connectivity index (χ4n) is 2.46. The van der Waals surface area contributed by atoms with Gasteiger partial charge in [-0.3, -0.25) is 0 Å². The first-order chi connectivity index (χ1) is 12.5. The largest absolute Gasteiger partial charge is 0.384 e. The van der Waals surface area contributed by atoms with Crippen LogP contribution in [0.4, 0.5) is 17.5 Å². The Kier molecular flexibility index (Phi) is 4.39. The van der Waals surface area contributed by atoms with Gasteiger partial charge in [-0.15, -0.1) is 0 Å². The molecule has 3 aromatic heterocycles. The number of aromatic amines is 1. The molecule has 0 aliphatic carbocycles. The van der Waals surface area contributed by atoms with Crippen LogP contribution in [0.5, 0.6) is 0 Å². The lowest BCUT2D eigenvalue weighted by Gasteiger charge is -2.06. The maximum atomic E-state index is 6.30. The van der Waals surface area contributed by atoms with E-state index in [2.05, 4.69) is 46.2 Å². The second-order valence-electron chi connectivity index (χ2n) is 5.31. The molecule has 7 nitrogen and oxygen atoms in total. The first-order valence-corrected chi connectivity index (χ1v) is 8.91. The normalized spacial score (nSPS) is 11.0. The van der Waals surface area contributed by atoms with E-state index in [4.69, 9.17) is 28.9 Å². The summed E-state index contributed by atoms with van der Waals surface area (Å²) in [7, 11) is 0. The van der Waals surface area contributed by atoms with Crippen LogP contribution in [0.2, 0.25) is 10.0 Å². The fourth-order valence-corrected chi connectivity index (χ4v) is 3.43. The summed E-state index contributed by atoms with van der Waals surface area (Å²) in [6, 6.07) is 6.90. The molecule has 0 amide bonds. The Morgan fingerprint density at radius 3 is 2.62 bits per heavy atom. The molecule has 0 spiro atoms. The maximum Gasteiger partial charge on any atom is 0.157 e. The minimum absolute atomic E-state index is 0.351. The minimum Gasteiger partial charge on any atom is -0.384 e. The highest BCUT2D eigenvalue weighted by atomic mass is 79.9. The van der Waals surface area contributed by atoms with E-state index in [0.717, 1.165) is 4.47 Å². The van der Waals surface area contributed by atoms with E-state index in [0.29, 0.717) is 49.9 Å². The number of aromatic nitrogens is 5. The average Bonchev–Trinajstić information content (AvgIpc) is 3.03. The minimum atomic E-state index is 0.351. The number of H-pyrrole nitrogens is 1. The zero-order valence-corrected chi connectivity index (χ0v) is 16.1. The highest BCUT2D eigenvalue weighted by Gasteiger charge is 2.17. The highest BCUT2D eigenvalue weighted by Crippen LogP contribution is 2.36. The molecule has 0 saturated carbocycles. The van der Waals surface area contributed by atoms with Gasteiger partial charge in [-0.1, -0.05) is 29.3 Å². The van der Waals surface area contributed by atoms with E-state index in [1.54, 1.807) is 30.5 Å². The van der Waals surface area contributed by atoms with Gasteiger partial charge in [0.25, 0.3) is 0 Å². The summed E-state index contributed by atoms with van der Waals surface area (Å²) < 4.78 is 0.728. The van der Waals surface area contributed by atoms with Gasteiger partial charge in [-0.05, 0) is 28.1 Å². The number of nitrogen functional groups attached to an aromatic ring is 1. The van der Waals surface area contributed by atoms with Crippen molar-refractivity contribution in [3.8, 4) is 11.4 Å². The van der Waals surface area contributed by atoms with Crippen molar-refractivity contribution in [3.63, 3.8) is 0 Å². The number of imidazole rings is 1. The lowest BCUT2D eigenvalue weighted by Crippen LogP contribution is -1.99. The number of halogens is 3. The van der Waals surface area contributed by atoms with Gasteiger partial charge in [-0.2, -0.15) is 0 Å². The van der Waals surface area contributed by atoms with Crippen LogP contribution in [-0.4, -0.2) is 24.9 Å². The van der Waals surface area contributed by atoms with Gasteiger partial charge in [0.1, 0.15) is 34.8 Å². The van der Waals surface area contributed by atoms with Crippen LogP contribution in [0.15, 0.2) is 41.3 Å². The lowest BCUT2D eigenvalue weighted by molar-refractivity contribution is 1.17. The Labute approximate surface area is 166 Å². The van der Waals surface area contributed by atoms with Crippen LogP contribution in [0, 0.1) is 0 Å². The van der Waals surface area contributed by atoms with Crippen molar-refractivity contribution in [1.29, 1.82) is 0 Å². The Morgan fingerprint density at radius 2 is 1.88 bits per heavy atom. The van der Waals surface area contributed by atoms with Crippen LogP contribution >= 0.6 is 39.1 Å². The van der Waals surface area contributed by atoms with Crippen LogP contribution in [0.3, 0.4) is 0 Å². The molecular formula is C16H10BrCl2N7. The number of nitrogens with zero attached hydrogens (tertiary/aromatic N) is 4. The van der Waals surface area contributed by atoms with Gasteiger partial charge in [-0.25, -0.2) is 19.9 Å². The van der Waals surface area contributed by atoms with Crippen molar-refractivity contribution in [2.24, 2.45) is 0 Å². The number of benzene rings is 1. The molecule has 3 heterocycles. The lowest BCUT2D eigenvalue weighted by atomic mass is 10.2. The summed E-state index contributed by atoms with van der Waals surface area (Å²) >= 11 is 16.1. The van der Waals surface area contributed by atoms with Crippen molar-refractivity contribution in [2.75, 3.05) is 11.1 Å². The molecule has 0 aliphatic rings. The smallest absolute Gasteiger partial charge is 0.157 e. The standard InChI is InChI=1S/C16H10BrCl2N7/c17-7-5-21-16(24-11-4-10(20)22-6-23-11)14-13(7)25-15(26-14)12-8(18)2-1-3-9(12)19/h1-6H,(H,25,26)(H3,20,21,22,23,24). The molecule has 4 rings (SSSR count). The number of anilines is 3. The summed E-state index contributed by atoms with van der Waals surface area (Å²) in [5.74, 6) is 1.93. The van der Waals surface area contributed by atoms with Gasteiger partial charge in [0.05, 0.1) is 20.1 Å². The third kappa shape index (κ3) is 3.07. The third-order valence-electron chi connectivity index (χ3n) is 3.61. The van der Waals surface area contributed by atoms with Gasteiger partial charge in [0.2, 0.25) is 0 Å². The number of hydrogen-bond acceptors (Lipinski definition) is 6. The van der Waals surface area contributed by atoms with Gasteiger partial charge in [0.15, 0.2) is 5.82 Å². The van der Waals surface area contributed by atoms with Crippen LogP contribution in [0.1, 0.15) is 0 Å². The van der Waals surface area contributed by atoms with Crippen LogP contribution in [0.25, 0.3) is 22.4 Å². The van der Waals surface area contributed by atoms with Gasteiger partial charge < -0.3 is 16.0 Å². The van der Waals surface area contributed by atoms with Gasteiger partial charge in [0, 0.05) is 12.3 Å². The first-order valence-electron chi connectivity index (χ1n) is 7.36. The van der Waals surface area contributed by atoms with Crippen LogP contribution < -0.4 is 11.1 Å². The molecule has 1 aromatic carbocycles. The summed E-state index contributed by atoms with van der Waals surface area (Å²) in [4.78, 5) is 20.2. The zero-order chi connectivity index (χ0) is 18.3. The first kappa shape index (κ1) is 17.0. The van der Waals surface area contributed by atoms with Crippen molar-refractivity contribution in [2.45, 2.75) is 0 Å². The molecule has 0 fully saturated rings. The van der Waals surface area contributed by atoms with E-state index in [-0.39, 0.29) is 0 Å². The predicted molar refractivity (Wildman–Crippen MR) is 107 cm³/mol. The molecule has 4 aromatic rings. The van der Waals surface area contributed by atoms with E-state index >= 15 is 0 Å². The molecule has 4 N–H and O–H groups in total. The molecule has 130 valence electrons. The molecular weight excluding hydrogens is 441 g/mol. The van der Waals surface area contributed by atoms with E-state index in [1.807, 2.05) is 0 Å². The zero-order valence-electron chi connectivity index (χ0n) is 13.0. The van der Waals surface area contributed by atoms with Crippen LogP contribution in [-0.2, 0) is 0 Å². The van der Waals surface area contributed by atoms with Crippen molar-refractivity contribution < 1.29 is 0 Å². The predicted octanol–water partition coefficient (Wildman–Crippen LogP) is 4.81. The molecule has 0 bridgehead atoms. The highest BCUT2D eigenvalue weighted by molar-refractivity contribution is 9.10.